The van der Waals surface area contributed by atoms with E-state index in [0.717, 1.165) is 34.5 Å². The minimum atomic E-state index is -0.411. The molecule has 0 bridgehead atoms. The summed E-state index contributed by atoms with van der Waals surface area (Å²) in [5.74, 6) is 0.218. The van der Waals surface area contributed by atoms with Gasteiger partial charge in [-0.05, 0) is 37.1 Å². The molecule has 0 N–H and O–H groups in total. The molecule has 3 aromatic rings. The first-order valence-electron chi connectivity index (χ1n) is 10.9. The number of methoxy groups -OCH3 is 1. The van der Waals surface area contributed by atoms with Crippen LogP contribution in [0.1, 0.15) is 19.3 Å². The van der Waals surface area contributed by atoms with Crippen molar-refractivity contribution >= 4 is 44.2 Å². The maximum absolute atomic E-state index is 13.7. The van der Waals surface area contributed by atoms with Crippen LogP contribution in [0.15, 0.2) is 48.5 Å². The van der Waals surface area contributed by atoms with Gasteiger partial charge in [-0.25, -0.2) is 4.98 Å². The summed E-state index contributed by atoms with van der Waals surface area (Å²) < 4.78 is 12.1. The summed E-state index contributed by atoms with van der Waals surface area (Å²) in [5.41, 5.74) is 1.62. The number of nitrogens with zero attached hydrogens (tertiary/aromatic N) is 3. The smallest absolute Gasteiger partial charge is 0.234 e. The Kier molecular flexibility index (Phi) is 5.80. The number of rotatable bonds is 6. The Morgan fingerprint density at radius 2 is 2.12 bits per heavy atom. The zero-order valence-electron chi connectivity index (χ0n) is 17.9. The lowest BCUT2D eigenvalue weighted by molar-refractivity contribution is -0.124. The van der Waals surface area contributed by atoms with Crippen molar-refractivity contribution in [3.05, 3.63) is 48.5 Å². The predicted octanol–water partition coefficient (Wildman–Crippen LogP) is 3.87. The number of amides is 2. The molecule has 0 spiro atoms. The lowest BCUT2D eigenvalue weighted by Gasteiger charge is -2.25. The highest BCUT2D eigenvalue weighted by atomic mass is 32.1. The normalized spacial score (nSPS) is 20.8. The van der Waals surface area contributed by atoms with Gasteiger partial charge in [-0.15, -0.1) is 0 Å². The number of hydrogen-bond donors (Lipinski definition) is 0. The molecule has 0 aliphatic carbocycles. The highest BCUT2D eigenvalue weighted by Gasteiger charge is 2.39. The number of aromatic nitrogens is 1. The van der Waals surface area contributed by atoms with Crippen molar-refractivity contribution in [3.63, 3.8) is 0 Å². The van der Waals surface area contributed by atoms with Gasteiger partial charge in [0, 0.05) is 31.3 Å². The second kappa shape index (κ2) is 8.88. The summed E-state index contributed by atoms with van der Waals surface area (Å²) in [5, 5.41) is 0.638. The first-order chi connectivity index (χ1) is 15.6. The van der Waals surface area contributed by atoms with Crippen molar-refractivity contribution in [2.75, 3.05) is 36.6 Å². The van der Waals surface area contributed by atoms with Gasteiger partial charge in [-0.2, -0.15) is 0 Å². The molecule has 2 fully saturated rings. The van der Waals surface area contributed by atoms with Gasteiger partial charge >= 0.3 is 0 Å². The number of hydrogen-bond acceptors (Lipinski definition) is 6. The SMILES string of the molecule is COc1ccc2sc(N(CC3CCCO3)C(=O)C3CC(=O)N(c4ccccc4)C3)nc2c1. The first-order valence-corrected chi connectivity index (χ1v) is 11.7. The second-order valence-corrected chi connectivity index (χ2v) is 9.16. The number of anilines is 2. The van der Waals surface area contributed by atoms with Crippen LogP contribution in [-0.2, 0) is 14.3 Å². The average molecular weight is 452 g/mol. The average Bonchev–Trinajstić information content (AvgIpc) is 3.56. The third kappa shape index (κ3) is 4.08. The van der Waals surface area contributed by atoms with Crippen LogP contribution in [0, 0.1) is 5.92 Å². The van der Waals surface area contributed by atoms with Crippen LogP contribution in [0.5, 0.6) is 5.75 Å². The van der Waals surface area contributed by atoms with Crippen LogP contribution < -0.4 is 14.5 Å². The van der Waals surface area contributed by atoms with Gasteiger partial charge in [0.1, 0.15) is 5.75 Å². The molecule has 2 aromatic carbocycles. The van der Waals surface area contributed by atoms with E-state index in [-0.39, 0.29) is 24.3 Å². The summed E-state index contributed by atoms with van der Waals surface area (Å²) in [6.07, 6.45) is 2.10. The largest absolute Gasteiger partial charge is 0.497 e. The minimum Gasteiger partial charge on any atom is -0.497 e. The molecule has 2 amide bonds. The van der Waals surface area contributed by atoms with E-state index in [9.17, 15) is 9.59 Å². The molecule has 5 rings (SSSR count). The van der Waals surface area contributed by atoms with E-state index < -0.39 is 5.92 Å². The topological polar surface area (TPSA) is 72.0 Å². The van der Waals surface area contributed by atoms with Crippen molar-refractivity contribution < 1.29 is 19.1 Å². The fourth-order valence-corrected chi connectivity index (χ4v) is 5.30. The second-order valence-electron chi connectivity index (χ2n) is 8.15. The molecule has 0 saturated carbocycles. The summed E-state index contributed by atoms with van der Waals surface area (Å²) in [6, 6.07) is 15.2. The molecule has 2 unspecified atom stereocenters. The zero-order chi connectivity index (χ0) is 22.1. The Hall–Kier alpha value is -2.97. The molecular weight excluding hydrogens is 426 g/mol. The van der Waals surface area contributed by atoms with Gasteiger partial charge in [0.25, 0.3) is 0 Å². The van der Waals surface area contributed by atoms with Crippen molar-refractivity contribution in [3.8, 4) is 5.75 Å². The Morgan fingerprint density at radius 3 is 2.88 bits per heavy atom. The van der Waals surface area contributed by atoms with E-state index in [2.05, 4.69) is 0 Å². The standard InChI is InChI=1S/C24H25N3O4S/c1-30-18-9-10-21-20(13-18)25-24(32-21)27(15-19-8-5-11-31-19)23(29)16-12-22(28)26(14-16)17-6-3-2-4-7-17/h2-4,6-7,9-10,13,16,19H,5,8,11-12,14-15H2,1H3. The third-order valence-electron chi connectivity index (χ3n) is 6.03. The van der Waals surface area contributed by atoms with E-state index in [1.807, 2.05) is 48.5 Å². The van der Waals surface area contributed by atoms with Gasteiger partial charge < -0.3 is 14.4 Å². The molecule has 0 radical (unpaired) electrons. The van der Waals surface area contributed by atoms with E-state index in [4.69, 9.17) is 14.5 Å². The fraction of sp³-hybridized carbons (Fsp3) is 0.375. The lowest BCUT2D eigenvalue weighted by Crippen LogP contribution is -2.42. The van der Waals surface area contributed by atoms with Crippen LogP contribution in [0.3, 0.4) is 0 Å². The number of para-hydroxylation sites is 1. The molecule has 166 valence electrons. The monoisotopic (exact) mass is 451 g/mol. The Morgan fingerprint density at radius 1 is 1.28 bits per heavy atom. The molecule has 1 aromatic heterocycles. The van der Waals surface area contributed by atoms with Crippen molar-refractivity contribution in [1.29, 1.82) is 0 Å². The summed E-state index contributed by atoms with van der Waals surface area (Å²) in [7, 11) is 1.62. The number of fused-ring (bicyclic) bond motifs is 1. The Labute approximate surface area is 190 Å². The third-order valence-corrected chi connectivity index (χ3v) is 7.09. The van der Waals surface area contributed by atoms with Crippen molar-refractivity contribution in [2.45, 2.75) is 25.4 Å². The van der Waals surface area contributed by atoms with Crippen LogP contribution >= 0.6 is 11.3 Å². The number of carbonyl (C=O) groups is 2. The zero-order valence-corrected chi connectivity index (χ0v) is 18.7. The highest BCUT2D eigenvalue weighted by molar-refractivity contribution is 7.22. The van der Waals surface area contributed by atoms with Gasteiger partial charge in [-0.1, -0.05) is 29.5 Å². The molecule has 2 aliphatic heterocycles. The van der Waals surface area contributed by atoms with Crippen LogP contribution in [-0.4, -0.2) is 49.7 Å². The van der Waals surface area contributed by atoms with E-state index in [1.54, 1.807) is 16.9 Å². The molecular formula is C24H25N3O4S. The maximum Gasteiger partial charge on any atom is 0.234 e. The van der Waals surface area contributed by atoms with Crippen molar-refractivity contribution in [2.24, 2.45) is 5.92 Å². The van der Waals surface area contributed by atoms with Crippen molar-refractivity contribution in [1.82, 2.24) is 4.98 Å². The Balaban J connectivity index is 1.43. The Bertz CT molecular complexity index is 1130. The summed E-state index contributed by atoms with van der Waals surface area (Å²) in [4.78, 5) is 34.6. The van der Waals surface area contributed by atoms with Gasteiger partial charge in [-0.3, -0.25) is 14.5 Å². The summed E-state index contributed by atoms with van der Waals surface area (Å²) in [6.45, 7) is 1.54. The van der Waals surface area contributed by atoms with Gasteiger partial charge in [0.2, 0.25) is 11.8 Å². The maximum atomic E-state index is 13.7. The van der Waals surface area contributed by atoms with Gasteiger partial charge in [0.05, 0.1) is 35.9 Å². The molecule has 2 atom stereocenters. The van der Waals surface area contributed by atoms with Crippen LogP contribution in [0.2, 0.25) is 0 Å². The first kappa shape index (κ1) is 20.9. The molecule has 32 heavy (non-hydrogen) atoms. The quantitative estimate of drug-likeness (QED) is 0.569. The summed E-state index contributed by atoms with van der Waals surface area (Å²) >= 11 is 1.48. The van der Waals surface area contributed by atoms with E-state index in [1.165, 1.54) is 11.3 Å². The number of thiazole rings is 1. The predicted molar refractivity (Wildman–Crippen MR) is 124 cm³/mol. The number of carbonyl (C=O) groups excluding carboxylic acids is 2. The fourth-order valence-electron chi connectivity index (χ4n) is 4.34. The van der Waals surface area contributed by atoms with E-state index in [0.29, 0.717) is 24.8 Å². The molecule has 3 heterocycles. The number of ether oxygens (including phenoxy) is 2. The van der Waals surface area contributed by atoms with Crippen LogP contribution in [0.4, 0.5) is 10.8 Å². The minimum absolute atomic E-state index is 0.0113. The van der Waals surface area contributed by atoms with E-state index >= 15 is 0 Å². The lowest BCUT2D eigenvalue weighted by atomic mass is 10.1. The van der Waals surface area contributed by atoms with Gasteiger partial charge in [0.15, 0.2) is 5.13 Å². The molecule has 2 saturated heterocycles. The molecule has 2 aliphatic rings. The highest BCUT2D eigenvalue weighted by Crippen LogP contribution is 2.34. The number of benzene rings is 2. The molecule has 8 heteroatoms. The molecule has 7 nitrogen and oxygen atoms in total. The van der Waals surface area contributed by atoms with Crippen LogP contribution in [0.25, 0.3) is 10.2 Å².